The summed E-state index contributed by atoms with van der Waals surface area (Å²) in [5, 5.41) is 11.9. The molecule has 1 amide bonds. The van der Waals surface area contributed by atoms with Crippen LogP contribution in [0, 0.1) is 6.92 Å². The predicted molar refractivity (Wildman–Crippen MR) is 131 cm³/mol. The van der Waals surface area contributed by atoms with Crippen LogP contribution in [0.5, 0.6) is 0 Å². The van der Waals surface area contributed by atoms with Gasteiger partial charge in [-0.1, -0.05) is 6.07 Å². The number of rotatable bonds is 4. The van der Waals surface area contributed by atoms with Gasteiger partial charge in [-0.2, -0.15) is 5.10 Å². The highest BCUT2D eigenvalue weighted by Crippen LogP contribution is 2.33. The lowest BCUT2D eigenvalue weighted by molar-refractivity contribution is 0.0712. The number of pyridine rings is 1. The summed E-state index contributed by atoms with van der Waals surface area (Å²) in [7, 11) is 0. The van der Waals surface area contributed by atoms with Crippen molar-refractivity contribution in [2.75, 3.05) is 13.1 Å². The van der Waals surface area contributed by atoms with Gasteiger partial charge in [-0.25, -0.2) is 14.2 Å². The number of piperidine rings is 1. The average molecular weight is 487 g/mol. The molecule has 5 aromatic heterocycles. The second-order valence-electron chi connectivity index (χ2n) is 8.52. The van der Waals surface area contributed by atoms with Gasteiger partial charge in [-0.15, -0.1) is 16.4 Å². The molecule has 0 saturated carbocycles. The third-order valence-electron chi connectivity index (χ3n) is 6.41. The van der Waals surface area contributed by atoms with Gasteiger partial charge >= 0.3 is 0 Å². The van der Waals surface area contributed by atoms with Crippen molar-refractivity contribution in [1.82, 2.24) is 39.2 Å². The minimum absolute atomic E-state index is 0.0649. The molecule has 1 N–H and O–H groups in total. The number of thiazole rings is 1. The van der Waals surface area contributed by atoms with Crippen LogP contribution in [0.2, 0.25) is 0 Å². The third kappa shape index (κ3) is 3.83. The number of aromatic amines is 1. The van der Waals surface area contributed by atoms with Crippen molar-refractivity contribution in [1.29, 1.82) is 0 Å². The molecule has 6 rings (SSSR count). The molecule has 6 heterocycles. The van der Waals surface area contributed by atoms with Crippen LogP contribution in [0.15, 0.2) is 59.1 Å². The molecule has 176 valence electrons. The third-order valence-corrected chi connectivity index (χ3v) is 7.42. The Hall–Kier alpha value is -4.12. The number of nitrogens with zero attached hydrogens (tertiary/aromatic N) is 7. The molecule has 5 aromatic rings. The molecule has 0 atom stereocenters. The predicted octanol–water partition coefficient (Wildman–Crippen LogP) is 3.06. The van der Waals surface area contributed by atoms with Crippen molar-refractivity contribution >= 4 is 22.8 Å². The summed E-state index contributed by atoms with van der Waals surface area (Å²) in [6.07, 6.45) is 6.73. The second-order valence-corrected chi connectivity index (χ2v) is 9.41. The molecular weight excluding hydrogens is 464 g/mol. The summed E-state index contributed by atoms with van der Waals surface area (Å²) in [5.41, 5.74) is 3.10. The molecule has 1 aliphatic rings. The van der Waals surface area contributed by atoms with E-state index >= 15 is 0 Å². The van der Waals surface area contributed by atoms with Crippen molar-refractivity contribution in [3.63, 3.8) is 0 Å². The van der Waals surface area contributed by atoms with Gasteiger partial charge < -0.3 is 4.90 Å². The van der Waals surface area contributed by atoms with Crippen LogP contribution < -0.4 is 5.56 Å². The molecule has 1 aliphatic heterocycles. The number of carbonyl (C=O) groups is 1. The van der Waals surface area contributed by atoms with Crippen LogP contribution in [0.4, 0.5) is 0 Å². The van der Waals surface area contributed by atoms with Gasteiger partial charge in [0.2, 0.25) is 5.95 Å². The molecule has 1 fully saturated rings. The Morgan fingerprint density at radius 2 is 2.00 bits per heavy atom. The quantitative estimate of drug-likeness (QED) is 0.418. The van der Waals surface area contributed by atoms with E-state index in [4.69, 9.17) is 4.98 Å². The molecule has 35 heavy (non-hydrogen) atoms. The summed E-state index contributed by atoms with van der Waals surface area (Å²) in [6.45, 7) is 3.11. The molecule has 0 radical (unpaired) electrons. The van der Waals surface area contributed by atoms with Crippen LogP contribution in [0.25, 0.3) is 22.9 Å². The van der Waals surface area contributed by atoms with Gasteiger partial charge in [0.1, 0.15) is 5.52 Å². The van der Waals surface area contributed by atoms with Crippen LogP contribution >= 0.6 is 11.3 Å². The Bertz CT molecular complexity index is 1570. The van der Waals surface area contributed by atoms with Gasteiger partial charge in [-0.05, 0) is 44.0 Å². The zero-order valence-corrected chi connectivity index (χ0v) is 19.8. The molecular formula is C24H22N8O2S. The van der Waals surface area contributed by atoms with E-state index in [-0.39, 0.29) is 17.4 Å². The zero-order valence-electron chi connectivity index (χ0n) is 19.0. The van der Waals surface area contributed by atoms with E-state index in [2.05, 4.69) is 25.5 Å². The topological polar surface area (TPSA) is 114 Å². The van der Waals surface area contributed by atoms with E-state index in [1.807, 2.05) is 30.0 Å². The van der Waals surface area contributed by atoms with Gasteiger partial charge in [-0.3, -0.25) is 19.6 Å². The van der Waals surface area contributed by atoms with Crippen LogP contribution in [0.1, 0.15) is 39.8 Å². The molecule has 0 aromatic carbocycles. The lowest BCUT2D eigenvalue weighted by atomic mass is 9.97. The van der Waals surface area contributed by atoms with Crippen LogP contribution in [-0.2, 0) is 0 Å². The summed E-state index contributed by atoms with van der Waals surface area (Å²) >= 11 is 1.66. The number of likely N-dealkylation sites (tertiary alicyclic amines) is 1. The molecule has 0 bridgehead atoms. The van der Waals surface area contributed by atoms with Crippen LogP contribution in [-0.4, -0.2) is 58.2 Å². The highest BCUT2D eigenvalue weighted by Gasteiger charge is 2.28. The molecule has 1 saturated heterocycles. The monoisotopic (exact) mass is 486 g/mol. The van der Waals surface area contributed by atoms with Gasteiger partial charge in [0.05, 0.1) is 33.8 Å². The van der Waals surface area contributed by atoms with E-state index in [9.17, 15) is 9.59 Å². The van der Waals surface area contributed by atoms with Crippen molar-refractivity contribution in [2.24, 2.45) is 0 Å². The lowest BCUT2D eigenvalue weighted by Crippen LogP contribution is -2.38. The van der Waals surface area contributed by atoms with E-state index in [1.54, 1.807) is 42.1 Å². The number of nitrogens with one attached hydrogen (secondary N) is 1. The number of amides is 1. The zero-order chi connectivity index (χ0) is 23.9. The number of H-pyrrole nitrogens is 1. The number of fused-ring (bicyclic) bond motifs is 1. The fourth-order valence-electron chi connectivity index (χ4n) is 4.47. The van der Waals surface area contributed by atoms with Crippen molar-refractivity contribution in [3.05, 3.63) is 80.9 Å². The minimum atomic E-state index is -0.266. The largest absolute Gasteiger partial charge is 0.338 e. The number of hydrogen-bond donors (Lipinski definition) is 1. The smallest absolute Gasteiger partial charge is 0.276 e. The highest BCUT2D eigenvalue weighted by atomic mass is 32.1. The summed E-state index contributed by atoms with van der Waals surface area (Å²) in [5.74, 6) is 0.527. The standard InChI is InChI=1S/C24H22N8O2S/c1-15-17(13-26-32(15)24-28-21(33)20-6-4-10-31(20)29-24)23(34)30-11-7-16(8-12-30)22-27-19(14-35-22)18-5-2-3-9-25-18/h2-6,9-10,13-14,16H,7-8,11-12H2,1H3,(H,28,29,33). The maximum atomic E-state index is 13.3. The van der Waals surface area contributed by atoms with E-state index in [0.717, 1.165) is 29.2 Å². The maximum absolute atomic E-state index is 13.3. The summed E-state index contributed by atoms with van der Waals surface area (Å²) < 4.78 is 3.00. The second kappa shape index (κ2) is 8.58. The van der Waals surface area contributed by atoms with E-state index in [1.165, 1.54) is 9.20 Å². The molecule has 10 nitrogen and oxygen atoms in total. The first-order valence-electron chi connectivity index (χ1n) is 11.4. The Balaban J connectivity index is 1.16. The van der Waals surface area contributed by atoms with Crippen LogP contribution in [0.3, 0.4) is 0 Å². The summed E-state index contributed by atoms with van der Waals surface area (Å²) in [4.78, 5) is 39.4. The Labute approximate surface area is 203 Å². The van der Waals surface area contributed by atoms with Gasteiger partial charge in [0, 0.05) is 36.8 Å². The normalized spacial score (nSPS) is 14.6. The Morgan fingerprint density at radius 1 is 1.14 bits per heavy atom. The fourth-order valence-corrected chi connectivity index (χ4v) is 5.45. The molecule has 11 heteroatoms. The minimum Gasteiger partial charge on any atom is -0.338 e. The first kappa shape index (κ1) is 21.4. The number of aromatic nitrogens is 7. The highest BCUT2D eigenvalue weighted by molar-refractivity contribution is 7.10. The average Bonchev–Trinajstić information content (AvgIpc) is 3.64. The number of carbonyl (C=O) groups excluding carboxylic acids is 1. The SMILES string of the molecule is Cc1c(C(=O)N2CCC(c3nc(-c4ccccn4)cs3)CC2)cnn1-c1nn2cccc2c(=O)[nH]1. The van der Waals surface area contributed by atoms with Crippen molar-refractivity contribution in [2.45, 2.75) is 25.7 Å². The van der Waals surface area contributed by atoms with E-state index < -0.39 is 0 Å². The van der Waals surface area contributed by atoms with Gasteiger partial charge in [0.25, 0.3) is 11.5 Å². The summed E-state index contributed by atoms with van der Waals surface area (Å²) in [6, 6.07) is 9.26. The fraction of sp³-hybridized carbons (Fsp3) is 0.250. The molecule has 0 aliphatic carbocycles. The lowest BCUT2D eigenvalue weighted by Gasteiger charge is -2.31. The van der Waals surface area contributed by atoms with E-state index in [0.29, 0.717) is 35.8 Å². The first-order chi connectivity index (χ1) is 17.1. The number of hydrogen-bond acceptors (Lipinski definition) is 7. The maximum Gasteiger partial charge on any atom is 0.276 e. The first-order valence-corrected chi connectivity index (χ1v) is 12.3. The Morgan fingerprint density at radius 3 is 2.80 bits per heavy atom. The molecule has 0 spiro atoms. The van der Waals surface area contributed by atoms with Crippen molar-refractivity contribution in [3.8, 4) is 17.3 Å². The Kier molecular flexibility index (Phi) is 5.25. The molecule has 0 unspecified atom stereocenters. The van der Waals surface area contributed by atoms with Gasteiger partial charge in [0.15, 0.2) is 0 Å². The van der Waals surface area contributed by atoms with Crippen molar-refractivity contribution < 1.29 is 4.79 Å².